The van der Waals surface area contributed by atoms with Gasteiger partial charge in [-0.25, -0.2) is 0 Å². The summed E-state index contributed by atoms with van der Waals surface area (Å²) in [5.41, 5.74) is 2.21. The second kappa shape index (κ2) is 8.10. The van der Waals surface area contributed by atoms with Crippen LogP contribution in [0.15, 0.2) is 42.5 Å². The highest BCUT2D eigenvalue weighted by molar-refractivity contribution is 5.91. The molecule has 2 aromatic carbocycles. The summed E-state index contributed by atoms with van der Waals surface area (Å²) in [7, 11) is 0. The zero-order valence-corrected chi connectivity index (χ0v) is 13.7. The topological polar surface area (TPSA) is 81.5 Å². The van der Waals surface area contributed by atoms with Crippen molar-refractivity contribution in [2.24, 2.45) is 0 Å². The van der Waals surface area contributed by atoms with E-state index < -0.39 is 4.92 Å². The molecule has 1 amide bonds. The molecule has 0 heterocycles. The van der Waals surface area contributed by atoms with Gasteiger partial charge in [0, 0.05) is 17.3 Å². The van der Waals surface area contributed by atoms with Gasteiger partial charge >= 0.3 is 0 Å². The minimum absolute atomic E-state index is 0.0196. The average Bonchev–Trinajstić information content (AvgIpc) is 2.56. The molecule has 1 N–H and O–H groups in total. The minimum Gasteiger partial charge on any atom is -0.493 e. The van der Waals surface area contributed by atoms with Crippen LogP contribution in [0, 0.1) is 17.0 Å². The maximum Gasteiger partial charge on any atom is 0.274 e. The van der Waals surface area contributed by atoms with E-state index in [1.165, 1.54) is 6.07 Å². The van der Waals surface area contributed by atoms with Gasteiger partial charge in [0.1, 0.15) is 5.75 Å². The van der Waals surface area contributed by atoms with Gasteiger partial charge in [-0.3, -0.25) is 14.9 Å². The Morgan fingerprint density at radius 1 is 1.21 bits per heavy atom. The zero-order chi connectivity index (χ0) is 17.5. The van der Waals surface area contributed by atoms with Crippen molar-refractivity contribution in [2.75, 3.05) is 11.9 Å². The number of ether oxygens (including phenoxy) is 1. The molecule has 126 valence electrons. The normalized spacial score (nSPS) is 10.2. The number of aryl methyl sites for hydroxylation is 2. The lowest BCUT2D eigenvalue weighted by Crippen LogP contribution is -2.15. The monoisotopic (exact) mass is 328 g/mol. The molecular formula is C18H20N2O4. The number of rotatable bonds is 7. The maximum absolute atomic E-state index is 11.9. The van der Waals surface area contributed by atoms with Crippen LogP contribution in [-0.2, 0) is 11.2 Å². The minimum atomic E-state index is -0.436. The number of carbonyl (C=O) groups is 1. The van der Waals surface area contributed by atoms with E-state index in [0.717, 1.165) is 5.56 Å². The van der Waals surface area contributed by atoms with Crippen LogP contribution < -0.4 is 10.1 Å². The summed E-state index contributed by atoms with van der Waals surface area (Å²) in [5, 5.41) is 13.7. The summed E-state index contributed by atoms with van der Waals surface area (Å²) in [6, 6.07) is 12.3. The first kappa shape index (κ1) is 17.5. The number of nitrogens with zero attached hydrogens (tertiary/aromatic N) is 1. The SMILES string of the molecule is CCc1ccc(NC(=O)CCOc2ccc(C)cc2)cc1[N+](=O)[O-]. The summed E-state index contributed by atoms with van der Waals surface area (Å²) in [6.07, 6.45) is 0.728. The van der Waals surface area contributed by atoms with Crippen LogP contribution in [0.5, 0.6) is 5.75 Å². The fraction of sp³-hybridized carbons (Fsp3) is 0.278. The Hall–Kier alpha value is -2.89. The molecule has 2 aromatic rings. The Morgan fingerprint density at radius 2 is 1.92 bits per heavy atom. The van der Waals surface area contributed by atoms with E-state index in [0.29, 0.717) is 23.4 Å². The molecule has 0 aromatic heterocycles. The molecule has 0 spiro atoms. The van der Waals surface area contributed by atoms with Gasteiger partial charge in [-0.2, -0.15) is 0 Å². The Balaban J connectivity index is 1.89. The van der Waals surface area contributed by atoms with Gasteiger partial charge in [-0.1, -0.05) is 30.7 Å². The Bertz CT molecular complexity index is 726. The lowest BCUT2D eigenvalue weighted by molar-refractivity contribution is -0.385. The van der Waals surface area contributed by atoms with Crippen LogP contribution in [0.3, 0.4) is 0 Å². The van der Waals surface area contributed by atoms with Crippen LogP contribution in [0.25, 0.3) is 0 Å². The molecule has 0 saturated heterocycles. The van der Waals surface area contributed by atoms with Crippen molar-refractivity contribution in [1.82, 2.24) is 0 Å². The summed E-state index contributed by atoms with van der Waals surface area (Å²) in [6.45, 7) is 4.08. The summed E-state index contributed by atoms with van der Waals surface area (Å²) in [4.78, 5) is 22.5. The van der Waals surface area contributed by atoms with Gasteiger partial charge < -0.3 is 10.1 Å². The number of hydrogen-bond donors (Lipinski definition) is 1. The van der Waals surface area contributed by atoms with Crippen LogP contribution >= 0.6 is 0 Å². The molecule has 0 atom stereocenters. The standard InChI is InChI=1S/C18H20N2O4/c1-3-14-6-7-15(12-17(14)20(22)23)19-18(21)10-11-24-16-8-4-13(2)5-9-16/h4-9,12H,3,10-11H2,1-2H3,(H,19,21). The highest BCUT2D eigenvalue weighted by Crippen LogP contribution is 2.23. The fourth-order valence-corrected chi connectivity index (χ4v) is 2.23. The van der Waals surface area contributed by atoms with Gasteiger partial charge in [0.15, 0.2) is 0 Å². The molecule has 0 aliphatic heterocycles. The van der Waals surface area contributed by atoms with Gasteiger partial charge in [-0.15, -0.1) is 0 Å². The van der Waals surface area contributed by atoms with Crippen molar-refractivity contribution < 1.29 is 14.5 Å². The van der Waals surface area contributed by atoms with Crippen molar-refractivity contribution in [1.29, 1.82) is 0 Å². The van der Waals surface area contributed by atoms with E-state index in [1.54, 1.807) is 12.1 Å². The molecule has 0 bridgehead atoms. The van der Waals surface area contributed by atoms with E-state index in [2.05, 4.69) is 5.32 Å². The number of nitro benzene ring substituents is 1. The molecule has 6 heteroatoms. The summed E-state index contributed by atoms with van der Waals surface area (Å²) < 4.78 is 5.50. The molecule has 0 aliphatic carbocycles. The van der Waals surface area contributed by atoms with Crippen LogP contribution in [0.4, 0.5) is 11.4 Å². The first-order valence-corrected chi connectivity index (χ1v) is 7.76. The number of carbonyl (C=O) groups excluding carboxylic acids is 1. The van der Waals surface area contributed by atoms with Crippen molar-refractivity contribution in [2.45, 2.75) is 26.7 Å². The third-order valence-corrected chi connectivity index (χ3v) is 3.57. The van der Waals surface area contributed by atoms with Crippen LogP contribution in [-0.4, -0.2) is 17.4 Å². The molecule has 0 aliphatic rings. The van der Waals surface area contributed by atoms with Crippen molar-refractivity contribution in [3.63, 3.8) is 0 Å². The molecular weight excluding hydrogens is 308 g/mol. The fourth-order valence-electron chi connectivity index (χ4n) is 2.23. The lowest BCUT2D eigenvalue weighted by atomic mass is 10.1. The Labute approximate surface area is 140 Å². The van der Waals surface area contributed by atoms with Crippen LogP contribution in [0.1, 0.15) is 24.5 Å². The number of nitro groups is 1. The molecule has 24 heavy (non-hydrogen) atoms. The number of hydrogen-bond acceptors (Lipinski definition) is 4. The number of amides is 1. The quantitative estimate of drug-likeness (QED) is 0.618. The zero-order valence-electron chi connectivity index (χ0n) is 13.7. The maximum atomic E-state index is 11.9. The second-order valence-electron chi connectivity index (χ2n) is 5.41. The second-order valence-corrected chi connectivity index (χ2v) is 5.41. The van der Waals surface area contributed by atoms with E-state index in [1.807, 2.05) is 38.1 Å². The highest BCUT2D eigenvalue weighted by atomic mass is 16.6. The summed E-state index contributed by atoms with van der Waals surface area (Å²) >= 11 is 0. The van der Waals surface area contributed by atoms with E-state index in [-0.39, 0.29) is 24.6 Å². The van der Waals surface area contributed by atoms with E-state index in [4.69, 9.17) is 4.74 Å². The van der Waals surface area contributed by atoms with Crippen molar-refractivity contribution in [3.05, 3.63) is 63.7 Å². The van der Waals surface area contributed by atoms with Gasteiger partial charge in [0.2, 0.25) is 5.91 Å². The Morgan fingerprint density at radius 3 is 2.54 bits per heavy atom. The smallest absolute Gasteiger partial charge is 0.274 e. The van der Waals surface area contributed by atoms with Crippen molar-refractivity contribution >= 4 is 17.3 Å². The predicted molar refractivity (Wildman–Crippen MR) is 92.4 cm³/mol. The van der Waals surface area contributed by atoms with Gasteiger partial charge in [0.05, 0.1) is 18.0 Å². The first-order chi connectivity index (χ1) is 11.5. The van der Waals surface area contributed by atoms with E-state index in [9.17, 15) is 14.9 Å². The molecule has 0 saturated carbocycles. The molecule has 0 fully saturated rings. The number of anilines is 1. The van der Waals surface area contributed by atoms with Crippen molar-refractivity contribution in [3.8, 4) is 5.75 Å². The lowest BCUT2D eigenvalue weighted by Gasteiger charge is -2.08. The molecule has 2 rings (SSSR count). The summed E-state index contributed by atoms with van der Waals surface area (Å²) in [5.74, 6) is 0.456. The molecule has 6 nitrogen and oxygen atoms in total. The highest BCUT2D eigenvalue weighted by Gasteiger charge is 2.14. The molecule has 0 radical (unpaired) electrons. The van der Waals surface area contributed by atoms with Crippen LogP contribution in [0.2, 0.25) is 0 Å². The average molecular weight is 328 g/mol. The molecule has 0 unspecified atom stereocenters. The third kappa shape index (κ3) is 4.81. The van der Waals surface area contributed by atoms with Gasteiger partial charge in [0.25, 0.3) is 5.69 Å². The predicted octanol–water partition coefficient (Wildman–Crippen LogP) is 3.87. The first-order valence-electron chi connectivity index (χ1n) is 7.76. The third-order valence-electron chi connectivity index (χ3n) is 3.57. The number of nitrogens with one attached hydrogen (secondary N) is 1. The largest absolute Gasteiger partial charge is 0.493 e. The van der Waals surface area contributed by atoms with Gasteiger partial charge in [-0.05, 0) is 31.5 Å². The number of benzene rings is 2. The van der Waals surface area contributed by atoms with E-state index >= 15 is 0 Å². The Kier molecular flexibility index (Phi) is 5.89.